The van der Waals surface area contributed by atoms with Gasteiger partial charge in [-0.2, -0.15) is 0 Å². The molecule has 1 aliphatic rings. The summed E-state index contributed by atoms with van der Waals surface area (Å²) in [6.45, 7) is 5.27. The van der Waals surface area contributed by atoms with Crippen LogP contribution >= 0.6 is 0 Å². The summed E-state index contributed by atoms with van der Waals surface area (Å²) in [6, 6.07) is 5.14. The molecule has 7 nitrogen and oxygen atoms in total. The van der Waals surface area contributed by atoms with Gasteiger partial charge in [-0.1, -0.05) is 13.8 Å². The van der Waals surface area contributed by atoms with E-state index >= 15 is 0 Å². The molecule has 2 rings (SSSR count). The van der Waals surface area contributed by atoms with Crippen LogP contribution in [0.25, 0.3) is 0 Å². The molecule has 0 unspecified atom stereocenters. The predicted molar refractivity (Wildman–Crippen MR) is 104 cm³/mol. The third-order valence-corrected chi connectivity index (χ3v) is 6.61. The van der Waals surface area contributed by atoms with Gasteiger partial charge in [0.05, 0.1) is 4.90 Å². The van der Waals surface area contributed by atoms with Crippen molar-refractivity contribution < 1.29 is 18.0 Å². The first-order valence-electron chi connectivity index (χ1n) is 9.27. The van der Waals surface area contributed by atoms with Gasteiger partial charge < -0.3 is 10.2 Å². The number of carbonyl (C=O) groups excluding carboxylic acids is 2. The average molecular weight is 396 g/mol. The maximum absolute atomic E-state index is 12.8. The summed E-state index contributed by atoms with van der Waals surface area (Å²) in [4.78, 5) is 27.3. The van der Waals surface area contributed by atoms with Gasteiger partial charge in [-0.3, -0.25) is 9.59 Å². The summed E-state index contributed by atoms with van der Waals surface area (Å²) in [7, 11) is -0.635. The van der Waals surface area contributed by atoms with Crippen molar-refractivity contribution in [3.05, 3.63) is 29.8 Å². The number of nitrogens with zero attached hydrogens (tertiary/aromatic N) is 2. The highest BCUT2D eigenvalue weighted by Crippen LogP contribution is 2.16. The van der Waals surface area contributed by atoms with Gasteiger partial charge in [-0.15, -0.1) is 0 Å². The average Bonchev–Trinajstić information content (AvgIpc) is 2.65. The molecule has 1 heterocycles. The summed E-state index contributed by atoms with van der Waals surface area (Å²) in [5, 5.41) is 2.82. The molecule has 0 aliphatic carbocycles. The van der Waals surface area contributed by atoms with Crippen LogP contribution in [0.2, 0.25) is 0 Å². The van der Waals surface area contributed by atoms with Crippen molar-refractivity contribution in [3.8, 4) is 0 Å². The van der Waals surface area contributed by atoms with E-state index in [0.29, 0.717) is 5.56 Å². The lowest BCUT2D eigenvalue weighted by molar-refractivity contribution is -0.135. The van der Waals surface area contributed by atoms with E-state index in [1.807, 2.05) is 18.7 Å². The highest BCUT2D eigenvalue weighted by molar-refractivity contribution is 7.89. The molecule has 1 aromatic carbocycles. The largest absolute Gasteiger partial charge is 0.341 e. The third kappa shape index (κ3) is 5.07. The highest BCUT2D eigenvalue weighted by Gasteiger charge is 2.29. The highest BCUT2D eigenvalue weighted by atomic mass is 32.2. The number of amides is 2. The molecule has 27 heavy (non-hydrogen) atoms. The Labute approximate surface area is 161 Å². The Morgan fingerprint density at radius 3 is 2.07 bits per heavy atom. The number of likely N-dealkylation sites (tertiary alicyclic amines) is 1. The number of sulfonamides is 1. The number of rotatable bonds is 6. The number of piperidine rings is 1. The van der Waals surface area contributed by atoms with Crippen molar-refractivity contribution in [1.29, 1.82) is 0 Å². The molecule has 1 aliphatic heterocycles. The second-order valence-electron chi connectivity index (χ2n) is 7.39. The predicted octanol–water partition coefficient (Wildman–Crippen LogP) is 1.70. The second-order valence-corrected chi connectivity index (χ2v) is 9.54. The van der Waals surface area contributed by atoms with Gasteiger partial charge in [-0.05, 0) is 49.4 Å². The fourth-order valence-corrected chi connectivity index (χ4v) is 3.94. The normalized spacial score (nSPS) is 16.4. The van der Waals surface area contributed by atoms with Gasteiger partial charge >= 0.3 is 0 Å². The quantitative estimate of drug-likeness (QED) is 0.794. The zero-order valence-electron chi connectivity index (χ0n) is 16.4. The van der Waals surface area contributed by atoms with Crippen LogP contribution in [-0.4, -0.2) is 62.7 Å². The lowest BCUT2D eigenvalue weighted by Gasteiger charge is -2.32. The topological polar surface area (TPSA) is 86.8 Å². The molecule has 1 fully saturated rings. The fourth-order valence-electron chi connectivity index (χ4n) is 3.04. The SMILES string of the molecule is CC(C)[C@H](NC(=O)c1ccc(S(=O)(=O)N(C)C)cc1)C(=O)N1CCCCC1. The second kappa shape index (κ2) is 8.84. The van der Waals surface area contributed by atoms with E-state index < -0.39 is 16.1 Å². The molecule has 0 radical (unpaired) electrons. The lowest BCUT2D eigenvalue weighted by Crippen LogP contribution is -2.52. The number of carbonyl (C=O) groups is 2. The van der Waals surface area contributed by atoms with Crippen molar-refractivity contribution >= 4 is 21.8 Å². The maximum atomic E-state index is 12.8. The van der Waals surface area contributed by atoms with Crippen molar-refractivity contribution in [2.75, 3.05) is 27.2 Å². The zero-order chi connectivity index (χ0) is 20.2. The van der Waals surface area contributed by atoms with Crippen LogP contribution in [0.4, 0.5) is 0 Å². The number of benzene rings is 1. The number of nitrogens with one attached hydrogen (secondary N) is 1. The van der Waals surface area contributed by atoms with E-state index in [2.05, 4.69) is 5.32 Å². The molecule has 1 atom stereocenters. The number of hydrogen-bond acceptors (Lipinski definition) is 4. The minimum Gasteiger partial charge on any atom is -0.341 e. The van der Waals surface area contributed by atoms with E-state index in [1.165, 1.54) is 38.4 Å². The Morgan fingerprint density at radius 1 is 1.04 bits per heavy atom. The summed E-state index contributed by atoms with van der Waals surface area (Å²) in [5.41, 5.74) is 0.324. The van der Waals surface area contributed by atoms with Crippen LogP contribution in [-0.2, 0) is 14.8 Å². The van der Waals surface area contributed by atoms with E-state index in [0.717, 1.165) is 36.7 Å². The van der Waals surface area contributed by atoms with E-state index in [1.54, 1.807) is 0 Å². The lowest BCUT2D eigenvalue weighted by atomic mass is 10.0. The zero-order valence-corrected chi connectivity index (χ0v) is 17.3. The van der Waals surface area contributed by atoms with Crippen LogP contribution in [0.3, 0.4) is 0 Å². The van der Waals surface area contributed by atoms with Gasteiger partial charge in [0.15, 0.2) is 0 Å². The van der Waals surface area contributed by atoms with Crippen molar-refractivity contribution in [1.82, 2.24) is 14.5 Å². The molecule has 2 amide bonds. The van der Waals surface area contributed by atoms with Crippen molar-refractivity contribution in [2.24, 2.45) is 5.92 Å². The molecule has 0 spiro atoms. The summed E-state index contributed by atoms with van der Waals surface area (Å²) in [5.74, 6) is -0.477. The Bertz CT molecular complexity index is 767. The monoisotopic (exact) mass is 395 g/mol. The Morgan fingerprint density at radius 2 is 1.59 bits per heavy atom. The number of hydrogen-bond donors (Lipinski definition) is 1. The van der Waals surface area contributed by atoms with E-state index in [4.69, 9.17) is 0 Å². The Balaban J connectivity index is 2.12. The molecule has 8 heteroatoms. The molecule has 0 aromatic heterocycles. The summed E-state index contributed by atoms with van der Waals surface area (Å²) >= 11 is 0. The van der Waals surface area contributed by atoms with Crippen LogP contribution in [0.5, 0.6) is 0 Å². The molecule has 1 saturated heterocycles. The molecule has 0 saturated carbocycles. The van der Waals surface area contributed by atoms with Crippen LogP contribution in [0.1, 0.15) is 43.5 Å². The standard InChI is InChI=1S/C19H29N3O4S/c1-14(2)17(19(24)22-12-6-5-7-13-22)20-18(23)15-8-10-16(11-9-15)27(25,26)21(3)4/h8-11,14,17H,5-7,12-13H2,1-4H3,(H,20,23)/t17-/m0/s1. The van der Waals surface area contributed by atoms with Crippen molar-refractivity contribution in [2.45, 2.75) is 44.0 Å². The fraction of sp³-hybridized carbons (Fsp3) is 0.579. The van der Waals surface area contributed by atoms with Crippen LogP contribution in [0.15, 0.2) is 29.2 Å². The van der Waals surface area contributed by atoms with Gasteiger partial charge in [0.1, 0.15) is 6.04 Å². The molecule has 1 N–H and O–H groups in total. The first kappa shape index (κ1) is 21.4. The molecule has 1 aromatic rings. The first-order chi connectivity index (χ1) is 12.6. The third-order valence-electron chi connectivity index (χ3n) is 4.78. The summed E-state index contributed by atoms with van der Waals surface area (Å²) < 4.78 is 25.4. The summed E-state index contributed by atoms with van der Waals surface area (Å²) in [6.07, 6.45) is 3.11. The minimum absolute atomic E-state index is 0.0447. The smallest absolute Gasteiger partial charge is 0.251 e. The van der Waals surface area contributed by atoms with Gasteiger partial charge in [-0.25, -0.2) is 12.7 Å². The Hall–Kier alpha value is -1.93. The maximum Gasteiger partial charge on any atom is 0.251 e. The molecule has 0 bridgehead atoms. The van der Waals surface area contributed by atoms with E-state index in [-0.39, 0.29) is 22.6 Å². The minimum atomic E-state index is -3.54. The van der Waals surface area contributed by atoms with Crippen molar-refractivity contribution in [3.63, 3.8) is 0 Å². The van der Waals surface area contributed by atoms with Crippen LogP contribution < -0.4 is 5.32 Å². The molecular weight excluding hydrogens is 366 g/mol. The van der Waals surface area contributed by atoms with Gasteiger partial charge in [0.2, 0.25) is 15.9 Å². The van der Waals surface area contributed by atoms with Crippen LogP contribution in [0, 0.1) is 5.92 Å². The van der Waals surface area contributed by atoms with Gasteiger partial charge in [0.25, 0.3) is 5.91 Å². The van der Waals surface area contributed by atoms with Gasteiger partial charge in [0, 0.05) is 32.7 Å². The van der Waals surface area contributed by atoms with E-state index in [9.17, 15) is 18.0 Å². The molecule has 150 valence electrons. The Kier molecular flexibility index (Phi) is 7.00. The molecular formula is C19H29N3O4S. The first-order valence-corrected chi connectivity index (χ1v) is 10.7.